The normalized spacial score (nSPS) is 17.3. The highest BCUT2D eigenvalue weighted by molar-refractivity contribution is 6.45. The molecule has 2 amide bonds. The van der Waals surface area contributed by atoms with Crippen molar-refractivity contribution >= 4 is 23.5 Å². The van der Waals surface area contributed by atoms with Gasteiger partial charge in [-0.1, -0.05) is 65.8 Å². The molecule has 2 atom stereocenters. The van der Waals surface area contributed by atoms with Crippen LogP contribution >= 0.6 is 0 Å². The number of esters is 1. The molecule has 1 fully saturated rings. The van der Waals surface area contributed by atoms with Crippen molar-refractivity contribution in [2.24, 2.45) is 5.16 Å². The second-order valence-corrected chi connectivity index (χ2v) is 6.54. The van der Waals surface area contributed by atoms with E-state index >= 15 is 0 Å². The van der Waals surface area contributed by atoms with Crippen LogP contribution in [-0.2, 0) is 19.1 Å². The molecular formula is C21H21N3O5. The maximum Gasteiger partial charge on any atom is 0.307 e. The summed E-state index contributed by atoms with van der Waals surface area (Å²) in [7, 11) is 1.30. The number of carbonyl (C=O) groups is 3. The number of nitrogens with zero attached hydrogens (tertiary/aromatic N) is 2. The Morgan fingerprint density at radius 2 is 1.79 bits per heavy atom. The molecule has 0 spiro atoms. The van der Waals surface area contributed by atoms with E-state index in [1.807, 2.05) is 30.3 Å². The molecule has 0 radical (unpaired) electrons. The molecule has 0 aromatic heterocycles. The number of oxime groups is 1. The van der Waals surface area contributed by atoms with Crippen LogP contribution in [0.4, 0.5) is 0 Å². The van der Waals surface area contributed by atoms with E-state index in [2.05, 4.69) is 10.5 Å². The summed E-state index contributed by atoms with van der Waals surface area (Å²) in [5, 5.41) is 14.9. The van der Waals surface area contributed by atoms with E-state index in [-0.39, 0.29) is 24.6 Å². The van der Waals surface area contributed by atoms with E-state index in [4.69, 9.17) is 4.74 Å². The summed E-state index contributed by atoms with van der Waals surface area (Å²) >= 11 is 0. The Balaban J connectivity index is 1.69. The number of hydrogen-bond acceptors (Lipinski definition) is 6. The minimum Gasteiger partial charge on any atom is -0.469 e. The Labute approximate surface area is 167 Å². The van der Waals surface area contributed by atoms with Gasteiger partial charge in [-0.3, -0.25) is 14.4 Å². The number of nitrogens with one attached hydrogen (secondary N) is 1. The second-order valence-electron chi connectivity index (χ2n) is 6.54. The molecule has 0 bridgehead atoms. The van der Waals surface area contributed by atoms with Crippen LogP contribution in [0.2, 0.25) is 0 Å². The van der Waals surface area contributed by atoms with Gasteiger partial charge in [-0.25, -0.2) is 0 Å². The number of β-lactam (4-membered cyclic amide) rings is 1. The highest BCUT2D eigenvalue weighted by Gasteiger charge is 2.43. The van der Waals surface area contributed by atoms with Gasteiger partial charge in [-0.15, -0.1) is 0 Å². The minimum absolute atomic E-state index is 0.0142. The van der Waals surface area contributed by atoms with Gasteiger partial charge in [-0.2, -0.15) is 0 Å². The predicted molar refractivity (Wildman–Crippen MR) is 104 cm³/mol. The molecule has 1 aliphatic heterocycles. The zero-order valence-electron chi connectivity index (χ0n) is 15.8. The van der Waals surface area contributed by atoms with Crippen LogP contribution in [0.3, 0.4) is 0 Å². The van der Waals surface area contributed by atoms with Gasteiger partial charge in [0.1, 0.15) is 6.04 Å². The molecule has 2 unspecified atom stereocenters. The first-order valence-electron chi connectivity index (χ1n) is 9.05. The number of ether oxygens (including phenoxy) is 1. The third kappa shape index (κ3) is 4.43. The number of rotatable bonds is 7. The molecule has 8 nitrogen and oxygen atoms in total. The monoisotopic (exact) mass is 395 g/mol. The Kier molecular flexibility index (Phi) is 6.23. The van der Waals surface area contributed by atoms with Crippen LogP contribution in [0.1, 0.15) is 23.6 Å². The average molecular weight is 395 g/mol. The summed E-state index contributed by atoms with van der Waals surface area (Å²) < 4.78 is 4.75. The van der Waals surface area contributed by atoms with Gasteiger partial charge < -0.3 is 20.2 Å². The molecule has 1 heterocycles. The summed E-state index contributed by atoms with van der Waals surface area (Å²) in [5.41, 5.74) is 1.06. The van der Waals surface area contributed by atoms with Crippen molar-refractivity contribution in [3.05, 3.63) is 71.8 Å². The first-order valence-corrected chi connectivity index (χ1v) is 9.05. The van der Waals surface area contributed by atoms with Gasteiger partial charge in [0.05, 0.1) is 26.1 Å². The molecule has 2 N–H and O–H groups in total. The maximum absolute atomic E-state index is 12.7. The van der Waals surface area contributed by atoms with Gasteiger partial charge in [0, 0.05) is 5.56 Å². The molecule has 8 heteroatoms. The lowest BCUT2D eigenvalue weighted by Gasteiger charge is -2.43. The van der Waals surface area contributed by atoms with Crippen LogP contribution in [-0.4, -0.2) is 53.3 Å². The molecule has 150 valence electrons. The Bertz CT molecular complexity index is 914. The van der Waals surface area contributed by atoms with Gasteiger partial charge >= 0.3 is 5.97 Å². The van der Waals surface area contributed by atoms with E-state index < -0.39 is 24.0 Å². The molecule has 0 aliphatic carbocycles. The lowest BCUT2D eigenvalue weighted by Crippen LogP contribution is -2.65. The molecule has 1 aliphatic rings. The summed E-state index contributed by atoms with van der Waals surface area (Å²) in [4.78, 5) is 38.5. The number of benzene rings is 2. The van der Waals surface area contributed by atoms with E-state index in [0.717, 1.165) is 5.56 Å². The first-order chi connectivity index (χ1) is 14.0. The van der Waals surface area contributed by atoms with Crippen molar-refractivity contribution in [3.8, 4) is 0 Å². The number of likely N-dealkylation sites (tertiary alicyclic amines) is 1. The SMILES string of the molecule is COC(=O)CC(c1ccccc1)N1CC(NC(=O)/C(=N/O)c2ccccc2)C1=O. The number of methoxy groups -OCH3 is 1. The third-order valence-electron chi connectivity index (χ3n) is 4.78. The van der Waals surface area contributed by atoms with Crippen LogP contribution in [0, 0.1) is 0 Å². The van der Waals surface area contributed by atoms with Gasteiger partial charge in [0.2, 0.25) is 5.91 Å². The highest BCUT2D eigenvalue weighted by atomic mass is 16.5. The van der Waals surface area contributed by atoms with E-state index in [9.17, 15) is 19.6 Å². The maximum atomic E-state index is 12.7. The summed E-state index contributed by atoms with van der Waals surface area (Å²) in [5.74, 6) is -1.40. The number of amides is 2. The average Bonchev–Trinajstić information content (AvgIpc) is 2.76. The lowest BCUT2D eigenvalue weighted by molar-refractivity contribution is -0.152. The topological polar surface area (TPSA) is 108 Å². The summed E-state index contributed by atoms with van der Waals surface area (Å²) in [6.45, 7) is 0.231. The zero-order chi connectivity index (χ0) is 20.8. The molecule has 2 aromatic carbocycles. The molecule has 29 heavy (non-hydrogen) atoms. The van der Waals surface area contributed by atoms with Gasteiger partial charge in [-0.05, 0) is 5.56 Å². The zero-order valence-corrected chi connectivity index (χ0v) is 15.8. The molecule has 1 saturated heterocycles. The first kappa shape index (κ1) is 20.1. The molecule has 0 saturated carbocycles. The lowest BCUT2D eigenvalue weighted by atomic mass is 9.95. The molecule has 3 rings (SSSR count). The Morgan fingerprint density at radius 1 is 1.17 bits per heavy atom. The summed E-state index contributed by atoms with van der Waals surface area (Å²) in [6.07, 6.45) is 0.0142. The number of carbonyl (C=O) groups excluding carboxylic acids is 3. The third-order valence-corrected chi connectivity index (χ3v) is 4.78. The van der Waals surface area contributed by atoms with Crippen LogP contribution in [0.25, 0.3) is 0 Å². The van der Waals surface area contributed by atoms with Crippen molar-refractivity contribution in [2.45, 2.75) is 18.5 Å². The predicted octanol–water partition coefficient (Wildman–Crippen LogP) is 1.50. The van der Waals surface area contributed by atoms with Crippen LogP contribution < -0.4 is 5.32 Å². The molecule has 2 aromatic rings. The smallest absolute Gasteiger partial charge is 0.307 e. The largest absolute Gasteiger partial charge is 0.469 e. The molecular weight excluding hydrogens is 374 g/mol. The van der Waals surface area contributed by atoms with Crippen LogP contribution in [0.5, 0.6) is 0 Å². The van der Waals surface area contributed by atoms with Crippen LogP contribution in [0.15, 0.2) is 65.8 Å². The van der Waals surface area contributed by atoms with E-state index in [1.165, 1.54) is 12.0 Å². The fraction of sp³-hybridized carbons (Fsp3) is 0.238. The Hall–Kier alpha value is -3.68. The second kappa shape index (κ2) is 9.01. The minimum atomic E-state index is -0.758. The number of hydrogen-bond donors (Lipinski definition) is 2. The fourth-order valence-corrected chi connectivity index (χ4v) is 3.22. The van der Waals surface area contributed by atoms with Gasteiger partial charge in [0.15, 0.2) is 5.71 Å². The quantitative estimate of drug-likeness (QED) is 0.243. The standard InChI is InChI=1S/C21H21N3O5/c1-29-18(25)12-17(14-8-4-2-5-9-14)24-13-16(21(24)27)22-20(26)19(23-28)15-10-6-3-7-11-15/h2-11,16-17,28H,12-13H2,1H3,(H,22,26)/b23-19+. The van der Waals surface area contributed by atoms with E-state index in [0.29, 0.717) is 5.56 Å². The fourth-order valence-electron chi connectivity index (χ4n) is 3.22. The van der Waals surface area contributed by atoms with Crippen molar-refractivity contribution in [2.75, 3.05) is 13.7 Å². The van der Waals surface area contributed by atoms with Crippen molar-refractivity contribution in [3.63, 3.8) is 0 Å². The Morgan fingerprint density at radius 3 is 2.34 bits per heavy atom. The van der Waals surface area contributed by atoms with Gasteiger partial charge in [0.25, 0.3) is 5.91 Å². The summed E-state index contributed by atoms with van der Waals surface area (Å²) in [6, 6.07) is 16.4. The van der Waals surface area contributed by atoms with Crippen molar-refractivity contribution in [1.82, 2.24) is 10.2 Å². The highest BCUT2D eigenvalue weighted by Crippen LogP contribution is 2.30. The van der Waals surface area contributed by atoms with Crippen molar-refractivity contribution < 1.29 is 24.3 Å². The van der Waals surface area contributed by atoms with Crippen molar-refractivity contribution in [1.29, 1.82) is 0 Å². The van der Waals surface area contributed by atoms with E-state index in [1.54, 1.807) is 30.3 Å².